The van der Waals surface area contributed by atoms with Crippen LogP contribution in [-0.2, 0) is 4.74 Å². The van der Waals surface area contributed by atoms with Gasteiger partial charge in [0.2, 0.25) is 0 Å². The van der Waals surface area contributed by atoms with Gasteiger partial charge in [-0.2, -0.15) is 0 Å². The number of H-pyrrole nitrogens is 1. The van der Waals surface area contributed by atoms with Gasteiger partial charge in [0.15, 0.2) is 5.69 Å². The number of benzene rings is 1. The van der Waals surface area contributed by atoms with Gasteiger partial charge in [-0.3, -0.25) is 9.55 Å². The number of piperidine rings is 1. The number of nitrogens with one attached hydrogen (secondary N) is 2. The first-order chi connectivity index (χ1) is 11.2. The maximum atomic E-state index is 12.5. The zero-order chi connectivity index (χ0) is 16.2. The van der Waals surface area contributed by atoms with Crippen LogP contribution in [0, 0.1) is 0 Å². The molecule has 0 aliphatic carbocycles. The summed E-state index contributed by atoms with van der Waals surface area (Å²) in [6.07, 6.45) is 1.91. The fourth-order valence-corrected chi connectivity index (χ4v) is 3.08. The number of imidazole rings is 1. The molecule has 1 aliphatic heterocycles. The molecule has 6 heteroatoms. The molecule has 1 aliphatic rings. The van der Waals surface area contributed by atoms with Crippen molar-refractivity contribution < 1.29 is 9.53 Å². The fourth-order valence-electron chi connectivity index (χ4n) is 3.08. The summed E-state index contributed by atoms with van der Waals surface area (Å²) in [5.41, 5.74) is 1.41. The van der Waals surface area contributed by atoms with Crippen LogP contribution >= 0.6 is 0 Å². The number of hydrogen-bond donors (Lipinski definition) is 2. The third kappa shape index (κ3) is 3.07. The van der Waals surface area contributed by atoms with Gasteiger partial charge in [-0.15, -0.1) is 0 Å². The number of hydrogen-bond acceptors (Lipinski definition) is 4. The molecule has 0 spiro atoms. The number of aromatic amines is 1. The monoisotopic (exact) mass is 315 g/mol. The van der Waals surface area contributed by atoms with Gasteiger partial charge < -0.3 is 10.1 Å². The van der Waals surface area contributed by atoms with Crippen LogP contribution in [0.1, 0.15) is 36.3 Å². The topological polar surface area (TPSA) is 76.1 Å². The van der Waals surface area contributed by atoms with E-state index in [1.807, 2.05) is 30.3 Å². The summed E-state index contributed by atoms with van der Waals surface area (Å²) in [5, 5.41) is 3.31. The minimum Gasteiger partial charge on any atom is -0.461 e. The highest BCUT2D eigenvalue weighted by atomic mass is 16.5. The van der Waals surface area contributed by atoms with Crippen LogP contribution in [0.5, 0.6) is 0 Å². The summed E-state index contributed by atoms with van der Waals surface area (Å²) in [6, 6.07) is 9.53. The Balaban J connectivity index is 2.14. The van der Waals surface area contributed by atoms with Gasteiger partial charge in [0.25, 0.3) is 0 Å². The van der Waals surface area contributed by atoms with E-state index in [-0.39, 0.29) is 24.0 Å². The van der Waals surface area contributed by atoms with Crippen LogP contribution in [0.25, 0.3) is 11.3 Å². The average Bonchev–Trinajstić information content (AvgIpc) is 2.94. The van der Waals surface area contributed by atoms with Gasteiger partial charge >= 0.3 is 11.7 Å². The molecule has 2 N–H and O–H groups in total. The van der Waals surface area contributed by atoms with Crippen molar-refractivity contribution in [1.82, 2.24) is 14.9 Å². The molecule has 3 rings (SSSR count). The number of nitrogens with zero attached hydrogens (tertiary/aromatic N) is 1. The van der Waals surface area contributed by atoms with Gasteiger partial charge in [0.1, 0.15) is 0 Å². The molecule has 0 bridgehead atoms. The van der Waals surface area contributed by atoms with Gasteiger partial charge in [0.05, 0.1) is 18.3 Å². The Morgan fingerprint density at radius 3 is 2.78 bits per heavy atom. The molecule has 1 atom stereocenters. The van der Waals surface area contributed by atoms with Crippen molar-refractivity contribution in [3.05, 3.63) is 46.5 Å². The summed E-state index contributed by atoms with van der Waals surface area (Å²) in [6.45, 7) is 3.70. The summed E-state index contributed by atoms with van der Waals surface area (Å²) in [5.74, 6) is -0.494. The lowest BCUT2D eigenvalue weighted by Crippen LogP contribution is -2.36. The van der Waals surface area contributed by atoms with Crippen molar-refractivity contribution in [2.24, 2.45) is 0 Å². The Bertz CT molecular complexity index is 727. The van der Waals surface area contributed by atoms with Crippen LogP contribution in [0.15, 0.2) is 35.1 Å². The number of rotatable bonds is 4. The molecule has 1 fully saturated rings. The Hall–Kier alpha value is -2.34. The van der Waals surface area contributed by atoms with Crippen molar-refractivity contribution >= 4 is 5.97 Å². The largest absolute Gasteiger partial charge is 0.461 e. The SMILES string of the molecule is CCOC(=O)c1[nH]c(=O)n(C2CCCNC2)c1-c1ccccc1. The maximum Gasteiger partial charge on any atom is 0.357 e. The first-order valence-electron chi connectivity index (χ1n) is 8.00. The lowest BCUT2D eigenvalue weighted by Gasteiger charge is -2.25. The maximum absolute atomic E-state index is 12.5. The second-order valence-electron chi connectivity index (χ2n) is 5.61. The highest BCUT2D eigenvalue weighted by Crippen LogP contribution is 2.27. The molecule has 1 aromatic carbocycles. The van der Waals surface area contributed by atoms with Gasteiger partial charge in [-0.1, -0.05) is 30.3 Å². The van der Waals surface area contributed by atoms with Crippen molar-refractivity contribution in [3.8, 4) is 11.3 Å². The minimum atomic E-state index is -0.494. The molecule has 2 heterocycles. The smallest absolute Gasteiger partial charge is 0.357 e. The van der Waals surface area contributed by atoms with Crippen LogP contribution < -0.4 is 11.0 Å². The number of carbonyl (C=O) groups excluding carboxylic acids is 1. The molecule has 2 aromatic rings. The molecule has 0 amide bonds. The van der Waals surface area contributed by atoms with Crippen molar-refractivity contribution in [1.29, 1.82) is 0 Å². The van der Waals surface area contributed by atoms with E-state index >= 15 is 0 Å². The lowest BCUT2D eigenvalue weighted by atomic mass is 10.0. The summed E-state index contributed by atoms with van der Waals surface area (Å²) in [7, 11) is 0. The zero-order valence-corrected chi connectivity index (χ0v) is 13.2. The molecular formula is C17H21N3O3. The number of ether oxygens (including phenoxy) is 1. The number of esters is 1. The average molecular weight is 315 g/mol. The van der Waals surface area contributed by atoms with Gasteiger partial charge in [0, 0.05) is 12.1 Å². The summed E-state index contributed by atoms with van der Waals surface area (Å²) in [4.78, 5) is 27.5. The van der Waals surface area contributed by atoms with E-state index in [1.54, 1.807) is 11.5 Å². The molecule has 23 heavy (non-hydrogen) atoms. The van der Waals surface area contributed by atoms with E-state index in [1.165, 1.54) is 0 Å². The lowest BCUT2D eigenvalue weighted by molar-refractivity contribution is 0.0521. The Labute approximate surface area is 134 Å². The van der Waals surface area contributed by atoms with Crippen molar-refractivity contribution in [2.75, 3.05) is 19.7 Å². The first-order valence-corrected chi connectivity index (χ1v) is 8.00. The molecule has 1 aromatic heterocycles. The number of carbonyl (C=O) groups is 1. The first kappa shape index (κ1) is 15.6. The van der Waals surface area contributed by atoms with Crippen LogP contribution in [0.3, 0.4) is 0 Å². The Morgan fingerprint density at radius 1 is 1.35 bits per heavy atom. The van der Waals surface area contributed by atoms with E-state index in [4.69, 9.17) is 4.74 Å². The Kier molecular flexibility index (Phi) is 4.62. The van der Waals surface area contributed by atoms with Crippen LogP contribution in [0.4, 0.5) is 0 Å². The molecule has 122 valence electrons. The van der Waals surface area contributed by atoms with Crippen molar-refractivity contribution in [2.45, 2.75) is 25.8 Å². The van der Waals surface area contributed by atoms with E-state index in [2.05, 4.69) is 10.3 Å². The summed E-state index contributed by atoms with van der Waals surface area (Å²) >= 11 is 0. The highest BCUT2D eigenvalue weighted by molar-refractivity contribution is 5.94. The third-order valence-corrected chi connectivity index (χ3v) is 4.09. The second-order valence-corrected chi connectivity index (χ2v) is 5.61. The zero-order valence-electron chi connectivity index (χ0n) is 13.2. The van der Waals surface area contributed by atoms with E-state index in [0.29, 0.717) is 5.69 Å². The molecule has 1 unspecified atom stereocenters. The third-order valence-electron chi connectivity index (χ3n) is 4.09. The van der Waals surface area contributed by atoms with Gasteiger partial charge in [-0.05, 0) is 26.3 Å². The minimum absolute atomic E-state index is 0.0332. The van der Waals surface area contributed by atoms with E-state index in [9.17, 15) is 9.59 Å². The molecule has 1 saturated heterocycles. The van der Waals surface area contributed by atoms with E-state index < -0.39 is 5.97 Å². The van der Waals surface area contributed by atoms with Gasteiger partial charge in [-0.25, -0.2) is 9.59 Å². The van der Waals surface area contributed by atoms with Crippen LogP contribution in [-0.4, -0.2) is 35.2 Å². The molecule has 6 nitrogen and oxygen atoms in total. The van der Waals surface area contributed by atoms with Crippen LogP contribution in [0.2, 0.25) is 0 Å². The quantitative estimate of drug-likeness (QED) is 0.846. The highest BCUT2D eigenvalue weighted by Gasteiger charge is 2.27. The molecule has 0 radical (unpaired) electrons. The number of aromatic nitrogens is 2. The predicted octanol–water partition coefficient (Wildman–Crippen LogP) is 1.94. The molecular weight excluding hydrogens is 294 g/mol. The second kappa shape index (κ2) is 6.83. The Morgan fingerprint density at radius 2 is 2.13 bits per heavy atom. The standard InChI is InChI=1S/C17H21N3O3/c1-2-23-16(21)14-15(12-7-4-3-5-8-12)20(17(22)19-14)13-9-6-10-18-11-13/h3-5,7-8,13,18H,2,6,9-11H2,1H3,(H,19,22). The predicted molar refractivity (Wildman–Crippen MR) is 87.6 cm³/mol. The summed E-state index contributed by atoms with van der Waals surface area (Å²) < 4.78 is 6.81. The normalized spacial score (nSPS) is 17.9. The van der Waals surface area contributed by atoms with Crippen molar-refractivity contribution in [3.63, 3.8) is 0 Å². The van der Waals surface area contributed by atoms with E-state index in [0.717, 1.165) is 31.5 Å². The molecule has 0 saturated carbocycles. The fraction of sp³-hybridized carbons (Fsp3) is 0.412.